The summed E-state index contributed by atoms with van der Waals surface area (Å²) in [5, 5.41) is 12.0. The van der Waals surface area contributed by atoms with Gasteiger partial charge in [0.15, 0.2) is 0 Å². The minimum absolute atomic E-state index is 0.0198. The fourth-order valence-corrected chi connectivity index (χ4v) is 1.41. The number of hydrogen-bond acceptors (Lipinski definition) is 3. The summed E-state index contributed by atoms with van der Waals surface area (Å²) in [4.78, 5) is 11.0. The summed E-state index contributed by atoms with van der Waals surface area (Å²) < 4.78 is 5.50. The van der Waals surface area contributed by atoms with Crippen LogP contribution in [0.1, 0.15) is 31.4 Å². The highest BCUT2D eigenvalue weighted by atomic mass is 16.5. The average Bonchev–Trinajstić information content (AvgIpc) is 2.34. The number of nitrogens with one attached hydrogen (secondary N) is 1. The molecule has 1 unspecified atom stereocenters. The first-order chi connectivity index (χ1) is 8.13. The van der Waals surface area contributed by atoms with Crippen molar-refractivity contribution >= 4 is 5.91 Å². The summed E-state index contributed by atoms with van der Waals surface area (Å²) in [6, 6.07) is 7.34. The lowest BCUT2D eigenvalue weighted by Gasteiger charge is -2.09. The molecular formula is C13H19NO3. The van der Waals surface area contributed by atoms with Gasteiger partial charge in [-0.2, -0.15) is 0 Å². The molecule has 1 atom stereocenters. The van der Waals surface area contributed by atoms with E-state index in [0.717, 1.165) is 11.3 Å². The van der Waals surface area contributed by atoms with E-state index in [4.69, 9.17) is 4.74 Å². The number of carbonyl (C=O) groups is 1. The Morgan fingerprint density at radius 1 is 1.53 bits per heavy atom. The van der Waals surface area contributed by atoms with Gasteiger partial charge < -0.3 is 15.2 Å². The van der Waals surface area contributed by atoms with Crippen molar-refractivity contribution in [1.82, 2.24) is 5.32 Å². The summed E-state index contributed by atoms with van der Waals surface area (Å²) >= 11 is 0. The van der Waals surface area contributed by atoms with Crippen molar-refractivity contribution in [3.05, 3.63) is 29.8 Å². The molecule has 4 heteroatoms. The van der Waals surface area contributed by atoms with Gasteiger partial charge in [-0.05, 0) is 31.0 Å². The molecule has 0 saturated carbocycles. The zero-order valence-corrected chi connectivity index (χ0v) is 10.3. The Bertz CT molecular complexity index is 363. The number of rotatable bonds is 6. The summed E-state index contributed by atoms with van der Waals surface area (Å²) in [6.45, 7) is 2.21. The van der Waals surface area contributed by atoms with Crippen LogP contribution in [0.4, 0.5) is 0 Å². The van der Waals surface area contributed by atoms with Crippen LogP contribution in [0.15, 0.2) is 24.3 Å². The zero-order chi connectivity index (χ0) is 12.7. The van der Waals surface area contributed by atoms with E-state index >= 15 is 0 Å². The second kappa shape index (κ2) is 6.91. The molecule has 4 nitrogen and oxygen atoms in total. The molecule has 0 saturated heterocycles. The van der Waals surface area contributed by atoms with Gasteiger partial charge >= 0.3 is 0 Å². The topological polar surface area (TPSA) is 58.6 Å². The monoisotopic (exact) mass is 237 g/mol. The summed E-state index contributed by atoms with van der Waals surface area (Å²) in [6.07, 6.45) is 0.648. The fourth-order valence-electron chi connectivity index (χ4n) is 1.41. The Morgan fingerprint density at radius 2 is 2.29 bits per heavy atom. The van der Waals surface area contributed by atoms with Crippen molar-refractivity contribution in [2.45, 2.75) is 25.9 Å². The van der Waals surface area contributed by atoms with Gasteiger partial charge in [0, 0.05) is 13.5 Å². The molecular weight excluding hydrogens is 218 g/mol. The van der Waals surface area contributed by atoms with Crippen LogP contribution >= 0.6 is 0 Å². The molecule has 1 aromatic carbocycles. The predicted molar refractivity (Wildman–Crippen MR) is 65.9 cm³/mol. The van der Waals surface area contributed by atoms with E-state index in [1.807, 2.05) is 24.3 Å². The van der Waals surface area contributed by atoms with E-state index < -0.39 is 6.10 Å². The van der Waals surface area contributed by atoms with Crippen LogP contribution < -0.4 is 10.1 Å². The molecule has 0 heterocycles. The van der Waals surface area contributed by atoms with Gasteiger partial charge in [-0.3, -0.25) is 4.79 Å². The molecule has 0 fully saturated rings. The van der Waals surface area contributed by atoms with Crippen LogP contribution in [-0.2, 0) is 4.79 Å². The van der Waals surface area contributed by atoms with Crippen LogP contribution in [0.3, 0.4) is 0 Å². The normalized spacial score (nSPS) is 11.9. The second-order valence-electron chi connectivity index (χ2n) is 3.87. The number of amides is 1. The van der Waals surface area contributed by atoms with Crippen molar-refractivity contribution < 1.29 is 14.6 Å². The summed E-state index contributed by atoms with van der Waals surface area (Å²) in [5.41, 5.74) is 0.828. The van der Waals surface area contributed by atoms with Gasteiger partial charge in [0.05, 0.1) is 12.7 Å². The number of hydrogen-bond donors (Lipinski definition) is 2. The Balaban J connectivity index is 2.36. The van der Waals surface area contributed by atoms with Crippen molar-refractivity contribution in [3.63, 3.8) is 0 Å². The fraction of sp³-hybridized carbons (Fsp3) is 0.462. The number of aliphatic hydroxyl groups excluding tert-OH is 1. The first kappa shape index (κ1) is 13.5. The third kappa shape index (κ3) is 4.87. The summed E-state index contributed by atoms with van der Waals surface area (Å²) in [5.74, 6) is 0.742. The molecule has 2 N–H and O–H groups in total. The molecule has 1 amide bonds. The van der Waals surface area contributed by atoms with Gasteiger partial charge in [0.2, 0.25) is 5.91 Å². The minimum atomic E-state index is -0.496. The van der Waals surface area contributed by atoms with E-state index in [1.165, 1.54) is 0 Å². The van der Waals surface area contributed by atoms with Gasteiger partial charge in [-0.25, -0.2) is 0 Å². The number of aliphatic hydroxyl groups is 1. The largest absolute Gasteiger partial charge is 0.494 e. The highest BCUT2D eigenvalue weighted by Crippen LogP contribution is 2.18. The van der Waals surface area contributed by atoms with Gasteiger partial charge in [-0.1, -0.05) is 12.1 Å². The van der Waals surface area contributed by atoms with Crippen molar-refractivity contribution in [3.8, 4) is 5.75 Å². The van der Waals surface area contributed by atoms with Gasteiger partial charge in [0.25, 0.3) is 0 Å². The highest BCUT2D eigenvalue weighted by Gasteiger charge is 2.02. The van der Waals surface area contributed by atoms with E-state index in [0.29, 0.717) is 19.4 Å². The molecule has 0 aliphatic carbocycles. The van der Waals surface area contributed by atoms with E-state index in [1.54, 1.807) is 14.0 Å². The number of ether oxygens (including phenoxy) is 1. The number of carbonyl (C=O) groups excluding carboxylic acids is 1. The third-order valence-electron chi connectivity index (χ3n) is 2.44. The first-order valence-corrected chi connectivity index (χ1v) is 5.75. The van der Waals surface area contributed by atoms with Gasteiger partial charge in [0.1, 0.15) is 5.75 Å². The van der Waals surface area contributed by atoms with E-state index in [-0.39, 0.29) is 5.91 Å². The Hall–Kier alpha value is -1.55. The van der Waals surface area contributed by atoms with Crippen molar-refractivity contribution in [1.29, 1.82) is 0 Å². The first-order valence-electron chi connectivity index (χ1n) is 5.75. The highest BCUT2D eigenvalue weighted by molar-refractivity contribution is 5.75. The van der Waals surface area contributed by atoms with E-state index in [9.17, 15) is 9.90 Å². The second-order valence-corrected chi connectivity index (χ2v) is 3.87. The molecule has 1 rings (SSSR count). The van der Waals surface area contributed by atoms with Crippen LogP contribution in [0, 0.1) is 0 Å². The molecule has 0 aliphatic heterocycles. The van der Waals surface area contributed by atoms with Gasteiger partial charge in [-0.15, -0.1) is 0 Å². The molecule has 1 aromatic rings. The Kier molecular flexibility index (Phi) is 5.49. The van der Waals surface area contributed by atoms with Crippen molar-refractivity contribution in [2.75, 3.05) is 13.7 Å². The lowest BCUT2D eigenvalue weighted by molar-refractivity contribution is -0.120. The predicted octanol–water partition coefficient (Wildman–Crippen LogP) is 1.64. The molecule has 0 aliphatic rings. The maximum absolute atomic E-state index is 11.0. The van der Waals surface area contributed by atoms with Crippen LogP contribution in [-0.4, -0.2) is 24.7 Å². The molecule has 0 aromatic heterocycles. The molecule has 0 radical (unpaired) electrons. The molecule has 0 bridgehead atoms. The average molecular weight is 237 g/mol. The van der Waals surface area contributed by atoms with Crippen molar-refractivity contribution in [2.24, 2.45) is 0 Å². The smallest absolute Gasteiger partial charge is 0.219 e. The number of benzene rings is 1. The van der Waals surface area contributed by atoms with Crippen LogP contribution in [0.25, 0.3) is 0 Å². The SMILES string of the molecule is CNC(=O)CCCOc1cccc(C(C)O)c1. The minimum Gasteiger partial charge on any atom is -0.494 e. The summed E-state index contributed by atoms with van der Waals surface area (Å²) in [7, 11) is 1.62. The zero-order valence-electron chi connectivity index (χ0n) is 10.3. The molecule has 94 valence electrons. The van der Waals surface area contributed by atoms with E-state index in [2.05, 4.69) is 5.32 Å². The Labute approximate surface area is 102 Å². The van der Waals surface area contributed by atoms with Crippen LogP contribution in [0.5, 0.6) is 5.75 Å². The standard InChI is InChI=1S/C13H19NO3/c1-10(15)11-5-3-6-12(9-11)17-8-4-7-13(16)14-2/h3,5-6,9-10,15H,4,7-8H2,1-2H3,(H,14,16). The lowest BCUT2D eigenvalue weighted by atomic mass is 10.1. The van der Waals surface area contributed by atoms with Crippen LogP contribution in [0.2, 0.25) is 0 Å². The quantitative estimate of drug-likeness (QED) is 0.739. The third-order valence-corrected chi connectivity index (χ3v) is 2.44. The maximum atomic E-state index is 11.0. The Morgan fingerprint density at radius 3 is 2.94 bits per heavy atom. The lowest BCUT2D eigenvalue weighted by Crippen LogP contribution is -2.18. The maximum Gasteiger partial charge on any atom is 0.219 e. The molecule has 0 spiro atoms. The molecule has 17 heavy (non-hydrogen) atoms.